The van der Waals surface area contributed by atoms with Crippen LogP contribution in [0.4, 0.5) is 0 Å². The Morgan fingerprint density at radius 1 is 1.25 bits per heavy atom. The highest BCUT2D eigenvalue weighted by atomic mass is 16.3. The summed E-state index contributed by atoms with van der Waals surface area (Å²) in [7, 11) is 0. The predicted molar refractivity (Wildman–Crippen MR) is 64.4 cm³/mol. The molecule has 1 aliphatic rings. The van der Waals surface area contributed by atoms with Gasteiger partial charge < -0.3 is 10.2 Å². The van der Waals surface area contributed by atoms with E-state index < -0.39 is 6.10 Å². The van der Waals surface area contributed by atoms with Crippen LogP contribution in [0.15, 0.2) is 12.1 Å². The molecule has 0 aliphatic heterocycles. The number of aromatic hydroxyl groups is 1. The molecule has 0 spiro atoms. The minimum Gasteiger partial charge on any atom is -0.508 e. The Morgan fingerprint density at radius 3 is 2.62 bits per heavy atom. The Balaban J connectivity index is 2.04. The van der Waals surface area contributed by atoms with Gasteiger partial charge in [-0.2, -0.15) is 0 Å². The number of rotatable bonds is 4. The topological polar surface area (TPSA) is 40.5 Å². The molecule has 0 unspecified atom stereocenters. The van der Waals surface area contributed by atoms with Crippen LogP contribution >= 0.6 is 0 Å². The maximum atomic E-state index is 9.86. The van der Waals surface area contributed by atoms with Gasteiger partial charge >= 0.3 is 0 Å². The molecule has 0 fully saturated rings. The normalized spacial score (nSPS) is 16.1. The number of hydrogen-bond donors (Lipinski definition) is 2. The maximum Gasteiger partial charge on any atom is 0.119 e. The van der Waals surface area contributed by atoms with E-state index in [1.807, 2.05) is 6.07 Å². The van der Waals surface area contributed by atoms with Gasteiger partial charge in [-0.1, -0.05) is 6.07 Å². The highest BCUT2D eigenvalue weighted by Gasteiger charge is 2.14. The molecule has 1 aliphatic carbocycles. The third kappa shape index (κ3) is 2.56. The standard InChI is InChI=1S/C14H19O2/c1-10(15)4-2-7-13-8-11-5-3-6-12(11)9-14(13)16/h8-10,15-16H,1-7H2/t10-/m0/s1. The minimum atomic E-state index is -0.489. The summed E-state index contributed by atoms with van der Waals surface area (Å²) in [6.45, 7) is 3.54. The molecule has 2 heteroatoms. The summed E-state index contributed by atoms with van der Waals surface area (Å²) in [5.74, 6) is 0.416. The van der Waals surface area contributed by atoms with Crippen LogP contribution in [0, 0.1) is 6.92 Å². The molecule has 2 N–H and O–H groups in total. The summed E-state index contributed by atoms with van der Waals surface area (Å²) < 4.78 is 0. The Morgan fingerprint density at radius 2 is 1.94 bits per heavy atom. The largest absolute Gasteiger partial charge is 0.508 e. The summed E-state index contributed by atoms with van der Waals surface area (Å²) in [5, 5.41) is 18.9. The third-order valence-electron chi connectivity index (χ3n) is 3.28. The number of hydrogen-bond acceptors (Lipinski definition) is 2. The average Bonchev–Trinajstić information content (AvgIpc) is 2.64. The van der Waals surface area contributed by atoms with E-state index in [1.165, 1.54) is 17.5 Å². The quantitative estimate of drug-likeness (QED) is 0.816. The molecule has 1 aromatic rings. The SMILES string of the molecule is [CH2][C@H](O)CCCc1cc2c(cc1O)CCC2. The zero-order chi connectivity index (χ0) is 11.5. The van der Waals surface area contributed by atoms with Gasteiger partial charge in [-0.15, -0.1) is 0 Å². The van der Waals surface area contributed by atoms with Crippen LogP contribution < -0.4 is 0 Å². The lowest BCUT2D eigenvalue weighted by atomic mass is 10.0. The highest BCUT2D eigenvalue weighted by Crippen LogP contribution is 2.30. The van der Waals surface area contributed by atoms with Crippen molar-refractivity contribution in [2.24, 2.45) is 0 Å². The van der Waals surface area contributed by atoms with Gasteiger partial charge in [-0.25, -0.2) is 0 Å². The minimum absolute atomic E-state index is 0.416. The second kappa shape index (κ2) is 4.88. The van der Waals surface area contributed by atoms with Crippen LogP contribution in [0.1, 0.15) is 36.0 Å². The molecule has 0 heterocycles. The van der Waals surface area contributed by atoms with Crippen molar-refractivity contribution in [3.05, 3.63) is 35.7 Å². The number of fused-ring (bicyclic) bond motifs is 1. The molecule has 0 bridgehead atoms. The van der Waals surface area contributed by atoms with Crippen LogP contribution in [0.25, 0.3) is 0 Å². The first-order valence-corrected chi connectivity index (χ1v) is 6.01. The maximum absolute atomic E-state index is 9.86. The summed E-state index contributed by atoms with van der Waals surface area (Å²) >= 11 is 0. The van der Waals surface area contributed by atoms with Crippen molar-refractivity contribution in [1.29, 1.82) is 0 Å². The van der Waals surface area contributed by atoms with Gasteiger partial charge in [0, 0.05) is 0 Å². The molecule has 0 saturated heterocycles. The van der Waals surface area contributed by atoms with Crippen molar-refractivity contribution < 1.29 is 10.2 Å². The average molecular weight is 219 g/mol. The third-order valence-corrected chi connectivity index (χ3v) is 3.28. The summed E-state index contributed by atoms with van der Waals surface area (Å²) in [6, 6.07) is 4.05. The second-order valence-corrected chi connectivity index (χ2v) is 4.65. The van der Waals surface area contributed by atoms with E-state index in [9.17, 15) is 5.11 Å². The lowest BCUT2D eigenvalue weighted by Crippen LogP contribution is -2.00. The van der Waals surface area contributed by atoms with E-state index in [0.717, 1.165) is 31.2 Å². The van der Waals surface area contributed by atoms with Crippen LogP contribution in [0.3, 0.4) is 0 Å². The fourth-order valence-electron chi connectivity index (χ4n) is 2.39. The fraction of sp³-hybridized carbons (Fsp3) is 0.500. The second-order valence-electron chi connectivity index (χ2n) is 4.65. The Labute approximate surface area is 96.9 Å². The van der Waals surface area contributed by atoms with Crippen molar-refractivity contribution in [2.45, 2.75) is 44.6 Å². The molecule has 2 nitrogen and oxygen atoms in total. The molecular weight excluding hydrogens is 200 g/mol. The summed E-state index contributed by atoms with van der Waals surface area (Å²) in [4.78, 5) is 0. The van der Waals surface area contributed by atoms with E-state index in [1.54, 1.807) is 0 Å². The van der Waals surface area contributed by atoms with Gasteiger partial charge in [0.1, 0.15) is 5.75 Å². The van der Waals surface area contributed by atoms with Crippen molar-refractivity contribution in [3.63, 3.8) is 0 Å². The monoisotopic (exact) mass is 219 g/mol. The van der Waals surface area contributed by atoms with Gasteiger partial charge in [-0.3, -0.25) is 0 Å². The van der Waals surface area contributed by atoms with Crippen LogP contribution in [-0.2, 0) is 19.3 Å². The zero-order valence-corrected chi connectivity index (χ0v) is 9.58. The molecular formula is C14H19O2. The fourth-order valence-corrected chi connectivity index (χ4v) is 2.39. The number of benzene rings is 1. The van der Waals surface area contributed by atoms with Gasteiger partial charge in [0.05, 0.1) is 6.10 Å². The number of aliphatic hydroxyl groups is 1. The number of phenolic OH excluding ortho intramolecular Hbond substituents is 1. The van der Waals surface area contributed by atoms with Crippen LogP contribution in [-0.4, -0.2) is 16.3 Å². The van der Waals surface area contributed by atoms with E-state index in [4.69, 9.17) is 5.11 Å². The Kier molecular flexibility index (Phi) is 3.49. The van der Waals surface area contributed by atoms with Gasteiger partial charge in [0.25, 0.3) is 0 Å². The van der Waals surface area contributed by atoms with Crippen molar-refractivity contribution in [2.75, 3.05) is 0 Å². The molecule has 1 atom stereocenters. The molecule has 0 aromatic heterocycles. The highest BCUT2D eigenvalue weighted by molar-refractivity contribution is 5.44. The van der Waals surface area contributed by atoms with E-state index in [2.05, 4.69) is 13.0 Å². The van der Waals surface area contributed by atoms with Crippen LogP contribution in [0.5, 0.6) is 5.75 Å². The smallest absolute Gasteiger partial charge is 0.119 e. The van der Waals surface area contributed by atoms with Crippen molar-refractivity contribution in [3.8, 4) is 5.75 Å². The van der Waals surface area contributed by atoms with E-state index in [-0.39, 0.29) is 0 Å². The summed E-state index contributed by atoms with van der Waals surface area (Å²) in [5.41, 5.74) is 3.71. The van der Waals surface area contributed by atoms with Gasteiger partial charge in [0.15, 0.2) is 0 Å². The lowest BCUT2D eigenvalue weighted by Gasteiger charge is -2.09. The zero-order valence-electron chi connectivity index (χ0n) is 9.58. The first kappa shape index (κ1) is 11.5. The van der Waals surface area contributed by atoms with Gasteiger partial charge in [-0.05, 0) is 68.2 Å². The summed E-state index contributed by atoms with van der Waals surface area (Å²) in [6.07, 6.45) is 5.34. The first-order chi connectivity index (χ1) is 7.66. The number of aliphatic hydroxyl groups excluding tert-OH is 1. The van der Waals surface area contributed by atoms with Crippen molar-refractivity contribution >= 4 is 0 Å². The Bertz CT molecular complexity index is 369. The molecule has 1 aromatic carbocycles. The van der Waals surface area contributed by atoms with Crippen molar-refractivity contribution in [1.82, 2.24) is 0 Å². The van der Waals surface area contributed by atoms with E-state index >= 15 is 0 Å². The molecule has 2 rings (SSSR count). The number of phenols is 1. The molecule has 0 amide bonds. The Hall–Kier alpha value is -1.02. The number of aryl methyl sites for hydroxylation is 3. The first-order valence-electron chi connectivity index (χ1n) is 6.01. The molecule has 16 heavy (non-hydrogen) atoms. The molecule has 1 radical (unpaired) electrons. The van der Waals surface area contributed by atoms with Gasteiger partial charge in [0.2, 0.25) is 0 Å². The molecule has 0 saturated carbocycles. The van der Waals surface area contributed by atoms with Crippen LogP contribution in [0.2, 0.25) is 0 Å². The predicted octanol–water partition coefficient (Wildman–Crippen LogP) is 2.40. The molecule has 87 valence electrons. The lowest BCUT2D eigenvalue weighted by molar-refractivity contribution is 0.207. The van der Waals surface area contributed by atoms with E-state index in [0.29, 0.717) is 12.2 Å².